The fourth-order valence-corrected chi connectivity index (χ4v) is 9.01. The van der Waals surface area contributed by atoms with E-state index in [4.69, 9.17) is 9.47 Å². The molecule has 4 amide bonds. The van der Waals surface area contributed by atoms with Crippen LogP contribution in [0.1, 0.15) is 54.3 Å². The zero-order valence-electron chi connectivity index (χ0n) is 28.8. The summed E-state index contributed by atoms with van der Waals surface area (Å²) in [5, 5.41) is 6.73. The highest BCUT2D eigenvalue weighted by Gasteiger charge is 2.37. The van der Waals surface area contributed by atoms with Crippen LogP contribution < -0.4 is 0 Å². The second-order valence-electron chi connectivity index (χ2n) is 15.2. The summed E-state index contributed by atoms with van der Waals surface area (Å²) in [4.78, 5) is 58.7. The van der Waals surface area contributed by atoms with Crippen molar-refractivity contribution in [2.75, 3.05) is 92.9 Å². The number of ether oxygens (including phenoxy) is 2. The Morgan fingerprint density at radius 1 is 0.480 bits per heavy atom. The Kier molecular flexibility index (Phi) is 7.26. The standard InChI is InChI=1S/C40H42N4O6/c1-43(17-21-49-22-18-43)15-3-13-41-37(45)29-9-5-25-27-7-11-31-36-32(40(48)42(39(31)47)14-4-16-44(2)19-23-50-24-20-44)12-8-28(34(27)36)26-6-10-30(38(41)46)35(29)33(25)26/h5-12H,3-4,13-24H2,1-2H3/q+2. The highest BCUT2D eigenvalue weighted by molar-refractivity contribution is 6.41. The maximum atomic E-state index is 14.0. The van der Waals surface area contributed by atoms with Gasteiger partial charge in [0.05, 0.1) is 53.6 Å². The van der Waals surface area contributed by atoms with Gasteiger partial charge < -0.3 is 18.4 Å². The molecule has 0 unspecified atom stereocenters. The molecule has 5 aromatic carbocycles. The van der Waals surface area contributed by atoms with Crippen LogP contribution in [0.25, 0.3) is 43.1 Å². The van der Waals surface area contributed by atoms with Gasteiger partial charge in [0, 0.05) is 59.0 Å². The van der Waals surface area contributed by atoms with Gasteiger partial charge in [0.15, 0.2) is 0 Å². The predicted molar refractivity (Wildman–Crippen MR) is 191 cm³/mol. The molecule has 0 bridgehead atoms. The van der Waals surface area contributed by atoms with Crippen molar-refractivity contribution in [3.8, 4) is 0 Å². The number of fused-ring (bicyclic) bond motifs is 2. The van der Waals surface area contributed by atoms with Gasteiger partial charge in [-0.3, -0.25) is 29.0 Å². The summed E-state index contributed by atoms with van der Waals surface area (Å²) in [6.07, 6.45) is 1.46. The Bertz CT molecular complexity index is 1990. The van der Waals surface area contributed by atoms with Gasteiger partial charge in [-0.1, -0.05) is 24.3 Å². The first kappa shape index (κ1) is 31.5. The second kappa shape index (κ2) is 11.5. The normalized spacial score (nSPS) is 20.3. The summed E-state index contributed by atoms with van der Waals surface area (Å²) in [7, 11) is 4.42. The number of amides is 4. The van der Waals surface area contributed by atoms with Crippen molar-refractivity contribution in [2.24, 2.45) is 0 Å². The zero-order chi connectivity index (χ0) is 34.4. The average molecular weight is 675 g/mol. The summed E-state index contributed by atoms with van der Waals surface area (Å²) >= 11 is 0. The molecule has 0 spiro atoms. The Morgan fingerprint density at radius 2 is 0.780 bits per heavy atom. The van der Waals surface area contributed by atoms with E-state index < -0.39 is 0 Å². The van der Waals surface area contributed by atoms with Gasteiger partial charge in [0.1, 0.15) is 26.2 Å². The van der Waals surface area contributed by atoms with Crippen LogP contribution in [0.5, 0.6) is 0 Å². The monoisotopic (exact) mass is 674 g/mol. The fourth-order valence-electron chi connectivity index (χ4n) is 9.01. The van der Waals surface area contributed by atoms with Gasteiger partial charge in [0.2, 0.25) is 0 Å². The molecule has 4 aliphatic rings. The van der Waals surface area contributed by atoms with Crippen LogP contribution in [0.2, 0.25) is 0 Å². The number of hydrogen-bond donors (Lipinski definition) is 0. The molecule has 0 aromatic heterocycles. The van der Waals surface area contributed by atoms with E-state index in [1.54, 1.807) is 0 Å². The molecule has 2 fully saturated rings. The van der Waals surface area contributed by atoms with Crippen molar-refractivity contribution >= 4 is 66.7 Å². The minimum absolute atomic E-state index is 0.257. The largest absolute Gasteiger partial charge is 0.370 e. The lowest BCUT2D eigenvalue weighted by Gasteiger charge is -2.38. The zero-order valence-corrected chi connectivity index (χ0v) is 28.8. The van der Waals surface area contributed by atoms with E-state index in [2.05, 4.69) is 14.1 Å². The fraction of sp³-hybridized carbons (Fsp3) is 0.400. The maximum Gasteiger partial charge on any atom is 0.261 e. The van der Waals surface area contributed by atoms with Gasteiger partial charge in [-0.25, -0.2) is 0 Å². The molecule has 10 nitrogen and oxygen atoms in total. The molecule has 0 N–H and O–H groups in total. The number of benzene rings is 5. The third-order valence-corrected chi connectivity index (χ3v) is 12.1. The minimum Gasteiger partial charge on any atom is -0.370 e. The van der Waals surface area contributed by atoms with E-state index in [0.717, 1.165) is 120 Å². The Morgan fingerprint density at radius 3 is 1.08 bits per heavy atom. The first-order valence-electron chi connectivity index (χ1n) is 17.9. The van der Waals surface area contributed by atoms with Crippen LogP contribution in [0, 0.1) is 0 Å². The van der Waals surface area contributed by atoms with Crippen LogP contribution in [0.15, 0.2) is 48.5 Å². The Hall–Kier alpha value is -4.48. The number of quaternary nitrogens is 2. The van der Waals surface area contributed by atoms with Crippen molar-refractivity contribution in [1.29, 1.82) is 0 Å². The van der Waals surface area contributed by atoms with Gasteiger partial charge >= 0.3 is 0 Å². The van der Waals surface area contributed by atoms with Crippen LogP contribution >= 0.6 is 0 Å². The maximum absolute atomic E-state index is 14.0. The van der Waals surface area contributed by atoms with Gasteiger partial charge in [-0.15, -0.1) is 0 Å². The average Bonchev–Trinajstić information content (AvgIpc) is 3.12. The summed E-state index contributed by atoms with van der Waals surface area (Å²) in [6, 6.07) is 15.3. The van der Waals surface area contributed by atoms with E-state index in [9.17, 15) is 19.2 Å². The molecular weight excluding hydrogens is 632 g/mol. The van der Waals surface area contributed by atoms with Gasteiger partial charge in [-0.05, 0) is 56.6 Å². The third-order valence-electron chi connectivity index (χ3n) is 12.1. The molecule has 5 aromatic rings. The number of nitrogens with zero attached hydrogens (tertiary/aromatic N) is 4. The van der Waals surface area contributed by atoms with E-state index in [1.807, 2.05) is 48.5 Å². The van der Waals surface area contributed by atoms with Crippen LogP contribution in [0.3, 0.4) is 0 Å². The van der Waals surface area contributed by atoms with Crippen molar-refractivity contribution in [3.05, 3.63) is 70.8 Å². The quantitative estimate of drug-likeness (QED) is 0.103. The molecule has 0 aliphatic carbocycles. The lowest BCUT2D eigenvalue weighted by atomic mass is 9.82. The number of hydrogen-bond acceptors (Lipinski definition) is 6. The molecular formula is C40H42N4O6+2. The summed E-state index contributed by atoms with van der Waals surface area (Å²) in [5.74, 6) is -1.03. The molecule has 9 rings (SSSR count). The molecule has 10 heteroatoms. The predicted octanol–water partition coefficient (Wildman–Crippen LogP) is 4.66. The number of imide groups is 2. The SMILES string of the molecule is C[N+]1(CCCN2C(=O)c3ccc4c5ccc6c7c(ccc(c8ccc(c3c48)C2=O)c75)C(=O)N(CCC[N+]2(C)CCOCC2)C6=O)CCOCC1. The molecule has 2 saturated heterocycles. The first-order valence-corrected chi connectivity index (χ1v) is 17.9. The van der Waals surface area contributed by atoms with Crippen molar-refractivity contribution in [1.82, 2.24) is 9.80 Å². The van der Waals surface area contributed by atoms with Crippen molar-refractivity contribution in [2.45, 2.75) is 12.8 Å². The number of carbonyl (C=O) groups is 4. The Balaban J connectivity index is 1.08. The van der Waals surface area contributed by atoms with Crippen LogP contribution in [-0.4, -0.2) is 135 Å². The molecule has 4 aliphatic heterocycles. The van der Waals surface area contributed by atoms with Gasteiger partial charge in [0.25, 0.3) is 23.6 Å². The smallest absolute Gasteiger partial charge is 0.261 e. The molecule has 0 atom stereocenters. The van der Waals surface area contributed by atoms with E-state index in [1.165, 1.54) is 9.80 Å². The Labute approximate surface area is 290 Å². The lowest BCUT2D eigenvalue weighted by molar-refractivity contribution is -0.917. The van der Waals surface area contributed by atoms with E-state index in [0.29, 0.717) is 46.1 Å². The van der Waals surface area contributed by atoms with E-state index in [-0.39, 0.29) is 23.6 Å². The summed E-state index contributed by atoms with van der Waals surface area (Å²) in [5.41, 5.74) is 2.15. The molecule has 0 radical (unpaired) electrons. The lowest BCUT2D eigenvalue weighted by Crippen LogP contribution is -2.53. The molecule has 50 heavy (non-hydrogen) atoms. The third kappa shape index (κ3) is 4.69. The summed E-state index contributed by atoms with van der Waals surface area (Å²) in [6.45, 7) is 9.17. The topological polar surface area (TPSA) is 93.2 Å². The minimum atomic E-state index is -0.257. The van der Waals surface area contributed by atoms with Crippen LogP contribution in [-0.2, 0) is 9.47 Å². The van der Waals surface area contributed by atoms with Crippen LogP contribution in [0.4, 0.5) is 0 Å². The van der Waals surface area contributed by atoms with Gasteiger partial charge in [-0.2, -0.15) is 0 Å². The highest BCUT2D eigenvalue weighted by atomic mass is 16.5. The number of likely N-dealkylation sites (N-methyl/N-ethyl adjacent to an activating group) is 2. The first-order chi connectivity index (χ1) is 24.2. The number of morpholine rings is 2. The highest BCUT2D eigenvalue weighted by Crippen LogP contribution is 2.46. The molecule has 0 saturated carbocycles. The number of carbonyl (C=O) groups excluding carboxylic acids is 4. The number of rotatable bonds is 8. The molecule has 256 valence electrons. The second-order valence-corrected chi connectivity index (χ2v) is 15.2. The van der Waals surface area contributed by atoms with Crippen molar-refractivity contribution in [3.63, 3.8) is 0 Å². The van der Waals surface area contributed by atoms with E-state index >= 15 is 0 Å². The molecule has 4 heterocycles. The summed E-state index contributed by atoms with van der Waals surface area (Å²) < 4.78 is 12.8. The van der Waals surface area contributed by atoms with Crippen molar-refractivity contribution < 1.29 is 37.6 Å².